The summed E-state index contributed by atoms with van der Waals surface area (Å²) in [4.78, 5) is 0. The highest BCUT2D eigenvalue weighted by Gasteiger charge is 2.25. The standard InChI is InChI=1S/C27H33P/c1-19(2)22-13-7-10-16-25(22)28(26-17-11-8-14-23(26)20(3)4)27-18-12-9-15-24(27)21(5)6/h7-21H,1-6H3. The average Bonchev–Trinajstić information content (AvgIpc) is 2.69. The molecule has 3 rings (SSSR count). The van der Waals surface area contributed by atoms with E-state index in [0.717, 1.165) is 0 Å². The summed E-state index contributed by atoms with van der Waals surface area (Å²) in [6.45, 7) is 13.9. The van der Waals surface area contributed by atoms with Crippen molar-refractivity contribution in [3.8, 4) is 0 Å². The van der Waals surface area contributed by atoms with Crippen LogP contribution in [0.3, 0.4) is 0 Å². The van der Waals surface area contributed by atoms with E-state index in [1.165, 1.54) is 32.6 Å². The first-order valence-electron chi connectivity index (χ1n) is 10.5. The lowest BCUT2D eigenvalue weighted by atomic mass is 10.0. The van der Waals surface area contributed by atoms with Crippen molar-refractivity contribution in [2.45, 2.75) is 59.3 Å². The van der Waals surface area contributed by atoms with Crippen LogP contribution >= 0.6 is 7.92 Å². The maximum Gasteiger partial charge on any atom is -0.0116 e. The van der Waals surface area contributed by atoms with E-state index in [1.807, 2.05) is 0 Å². The maximum absolute atomic E-state index is 2.37. The monoisotopic (exact) mass is 388 g/mol. The molecule has 0 fully saturated rings. The van der Waals surface area contributed by atoms with Gasteiger partial charge in [0.25, 0.3) is 0 Å². The molecule has 0 radical (unpaired) electrons. The van der Waals surface area contributed by atoms with E-state index in [-0.39, 0.29) is 0 Å². The lowest BCUT2D eigenvalue weighted by Crippen LogP contribution is -2.28. The van der Waals surface area contributed by atoms with Gasteiger partial charge in [0.05, 0.1) is 0 Å². The highest BCUT2D eigenvalue weighted by molar-refractivity contribution is 7.80. The molecule has 0 saturated carbocycles. The van der Waals surface area contributed by atoms with Crippen LogP contribution in [0.1, 0.15) is 76.0 Å². The Bertz CT molecular complexity index is 798. The van der Waals surface area contributed by atoms with E-state index >= 15 is 0 Å². The van der Waals surface area contributed by atoms with Gasteiger partial charge >= 0.3 is 0 Å². The Kier molecular flexibility index (Phi) is 6.73. The summed E-state index contributed by atoms with van der Waals surface area (Å²) in [5.41, 5.74) is 4.43. The van der Waals surface area contributed by atoms with Gasteiger partial charge in [0.15, 0.2) is 0 Å². The normalized spacial score (nSPS) is 11.8. The molecule has 0 aliphatic heterocycles. The van der Waals surface area contributed by atoms with Crippen LogP contribution in [0.15, 0.2) is 72.8 Å². The van der Waals surface area contributed by atoms with Gasteiger partial charge in [-0.05, 0) is 58.3 Å². The number of benzene rings is 3. The summed E-state index contributed by atoms with van der Waals surface area (Å²) in [6, 6.07) is 27.3. The molecule has 0 heterocycles. The summed E-state index contributed by atoms with van der Waals surface area (Å²) in [5, 5.41) is 4.52. The third-order valence-electron chi connectivity index (χ3n) is 5.40. The molecule has 0 aliphatic carbocycles. The lowest BCUT2D eigenvalue weighted by molar-refractivity contribution is 0.870. The molecule has 28 heavy (non-hydrogen) atoms. The highest BCUT2D eigenvalue weighted by atomic mass is 31.1. The fraction of sp³-hybridized carbons (Fsp3) is 0.333. The Hall–Kier alpha value is -1.91. The first kappa shape index (κ1) is 20.8. The molecule has 0 atom stereocenters. The Morgan fingerprint density at radius 2 is 0.679 bits per heavy atom. The van der Waals surface area contributed by atoms with Gasteiger partial charge in [-0.1, -0.05) is 114 Å². The van der Waals surface area contributed by atoms with Crippen LogP contribution in [-0.4, -0.2) is 0 Å². The number of rotatable bonds is 6. The van der Waals surface area contributed by atoms with Gasteiger partial charge in [0.2, 0.25) is 0 Å². The first-order chi connectivity index (χ1) is 13.4. The van der Waals surface area contributed by atoms with E-state index < -0.39 is 7.92 Å². The first-order valence-corrected chi connectivity index (χ1v) is 11.8. The van der Waals surface area contributed by atoms with Crippen molar-refractivity contribution < 1.29 is 0 Å². The van der Waals surface area contributed by atoms with Crippen LogP contribution < -0.4 is 15.9 Å². The quantitative estimate of drug-likeness (QED) is 0.407. The Labute approximate surface area is 172 Å². The molecule has 0 saturated heterocycles. The summed E-state index contributed by atoms with van der Waals surface area (Å²) in [7, 11) is -0.606. The van der Waals surface area contributed by atoms with E-state index in [4.69, 9.17) is 0 Å². The molecule has 0 N–H and O–H groups in total. The van der Waals surface area contributed by atoms with Crippen molar-refractivity contribution in [2.75, 3.05) is 0 Å². The van der Waals surface area contributed by atoms with Gasteiger partial charge < -0.3 is 0 Å². The van der Waals surface area contributed by atoms with Crippen molar-refractivity contribution >= 4 is 23.8 Å². The van der Waals surface area contributed by atoms with Gasteiger partial charge in [0, 0.05) is 0 Å². The second-order valence-corrected chi connectivity index (χ2v) is 10.6. The molecule has 0 unspecified atom stereocenters. The molecule has 3 aromatic carbocycles. The molecular weight excluding hydrogens is 355 g/mol. The van der Waals surface area contributed by atoms with Crippen molar-refractivity contribution in [3.63, 3.8) is 0 Å². The average molecular weight is 389 g/mol. The minimum atomic E-state index is -0.606. The van der Waals surface area contributed by atoms with Gasteiger partial charge in [-0.3, -0.25) is 0 Å². The van der Waals surface area contributed by atoms with Gasteiger partial charge in [-0.25, -0.2) is 0 Å². The molecular formula is C27H33P. The van der Waals surface area contributed by atoms with E-state index in [0.29, 0.717) is 17.8 Å². The zero-order valence-corrected chi connectivity index (χ0v) is 19.0. The lowest BCUT2D eigenvalue weighted by Gasteiger charge is -2.29. The topological polar surface area (TPSA) is 0 Å². The fourth-order valence-electron chi connectivity index (χ4n) is 3.93. The van der Waals surface area contributed by atoms with E-state index in [2.05, 4.69) is 114 Å². The summed E-state index contributed by atoms with van der Waals surface area (Å²) in [5.74, 6) is 1.54. The third kappa shape index (κ3) is 4.23. The Morgan fingerprint density at radius 3 is 0.929 bits per heavy atom. The van der Waals surface area contributed by atoms with Crippen LogP contribution in [-0.2, 0) is 0 Å². The maximum atomic E-state index is 2.37. The summed E-state index contributed by atoms with van der Waals surface area (Å²) < 4.78 is 0. The second-order valence-electron chi connectivity index (χ2n) is 8.48. The van der Waals surface area contributed by atoms with Gasteiger partial charge in [-0.2, -0.15) is 0 Å². The third-order valence-corrected chi connectivity index (χ3v) is 8.07. The summed E-state index contributed by atoms with van der Waals surface area (Å²) >= 11 is 0. The minimum Gasteiger partial charge on any atom is -0.0619 e. The molecule has 0 bridgehead atoms. The smallest absolute Gasteiger partial charge is 0.0116 e. The van der Waals surface area contributed by atoms with Crippen LogP contribution in [0.2, 0.25) is 0 Å². The minimum absolute atomic E-state index is 0.513. The van der Waals surface area contributed by atoms with Crippen molar-refractivity contribution in [1.29, 1.82) is 0 Å². The molecule has 0 aliphatic rings. The zero-order valence-electron chi connectivity index (χ0n) is 18.1. The zero-order chi connectivity index (χ0) is 20.3. The van der Waals surface area contributed by atoms with Gasteiger partial charge in [-0.15, -0.1) is 0 Å². The van der Waals surface area contributed by atoms with E-state index in [9.17, 15) is 0 Å². The fourth-order valence-corrected chi connectivity index (χ4v) is 7.18. The van der Waals surface area contributed by atoms with Crippen LogP contribution in [0, 0.1) is 0 Å². The SMILES string of the molecule is CC(C)c1ccccc1P(c1ccccc1C(C)C)c1ccccc1C(C)C. The molecule has 0 nitrogen and oxygen atoms in total. The van der Waals surface area contributed by atoms with Gasteiger partial charge in [0.1, 0.15) is 0 Å². The van der Waals surface area contributed by atoms with Crippen LogP contribution in [0.25, 0.3) is 0 Å². The van der Waals surface area contributed by atoms with E-state index in [1.54, 1.807) is 0 Å². The Morgan fingerprint density at radius 1 is 0.429 bits per heavy atom. The Balaban J connectivity index is 2.35. The molecule has 0 spiro atoms. The van der Waals surface area contributed by atoms with Crippen LogP contribution in [0.5, 0.6) is 0 Å². The van der Waals surface area contributed by atoms with Crippen molar-refractivity contribution in [2.24, 2.45) is 0 Å². The molecule has 0 amide bonds. The predicted octanol–water partition coefficient (Wildman–Crippen LogP) is 6.82. The predicted molar refractivity (Wildman–Crippen MR) is 127 cm³/mol. The highest BCUT2D eigenvalue weighted by Crippen LogP contribution is 2.40. The van der Waals surface area contributed by atoms with Crippen molar-refractivity contribution in [1.82, 2.24) is 0 Å². The molecule has 146 valence electrons. The largest absolute Gasteiger partial charge is 0.0619 e. The van der Waals surface area contributed by atoms with Crippen molar-refractivity contribution in [3.05, 3.63) is 89.5 Å². The number of hydrogen-bond acceptors (Lipinski definition) is 0. The summed E-state index contributed by atoms with van der Waals surface area (Å²) in [6.07, 6.45) is 0. The molecule has 1 heteroatoms. The molecule has 0 aromatic heterocycles. The second kappa shape index (κ2) is 9.06. The number of hydrogen-bond donors (Lipinski definition) is 0. The van der Waals surface area contributed by atoms with Crippen LogP contribution in [0.4, 0.5) is 0 Å². The molecule has 3 aromatic rings.